The molecule has 4 rings (SSSR count). The lowest BCUT2D eigenvalue weighted by Crippen LogP contribution is -2.27. The molecule has 0 radical (unpaired) electrons. The van der Waals surface area contributed by atoms with Crippen molar-refractivity contribution in [3.63, 3.8) is 0 Å². The summed E-state index contributed by atoms with van der Waals surface area (Å²) in [6, 6.07) is 14.0. The van der Waals surface area contributed by atoms with Gasteiger partial charge in [-0.25, -0.2) is 9.03 Å². The van der Waals surface area contributed by atoms with Crippen LogP contribution in [0.15, 0.2) is 42.5 Å². The number of benzene rings is 2. The van der Waals surface area contributed by atoms with Crippen LogP contribution < -0.4 is 4.72 Å². The van der Waals surface area contributed by atoms with E-state index in [1.165, 1.54) is 27.7 Å². The van der Waals surface area contributed by atoms with Crippen molar-refractivity contribution >= 4 is 46.2 Å². The number of hydrogen-bond donors (Lipinski definition) is 2. The molecular formula is C18H17Cl2N3S. The van der Waals surface area contributed by atoms with Gasteiger partial charge in [0.05, 0.1) is 6.54 Å². The summed E-state index contributed by atoms with van der Waals surface area (Å²) in [5, 5.41) is 2.83. The maximum absolute atomic E-state index is 6.14. The van der Waals surface area contributed by atoms with Gasteiger partial charge < -0.3 is 4.98 Å². The highest BCUT2D eigenvalue weighted by Gasteiger charge is 2.21. The predicted molar refractivity (Wildman–Crippen MR) is 103 cm³/mol. The minimum absolute atomic E-state index is 0.772. The van der Waals surface area contributed by atoms with Crippen molar-refractivity contribution in [2.24, 2.45) is 0 Å². The fourth-order valence-corrected chi connectivity index (χ4v) is 4.16. The quantitative estimate of drug-likeness (QED) is 0.613. The van der Waals surface area contributed by atoms with Gasteiger partial charge in [-0.2, -0.15) is 0 Å². The molecule has 2 N–H and O–H groups in total. The highest BCUT2D eigenvalue weighted by Crippen LogP contribution is 2.31. The summed E-state index contributed by atoms with van der Waals surface area (Å²) in [6.45, 7) is 2.73. The fourth-order valence-electron chi connectivity index (χ4n) is 3.08. The van der Waals surface area contributed by atoms with Crippen LogP contribution in [-0.2, 0) is 19.5 Å². The van der Waals surface area contributed by atoms with Crippen LogP contribution in [0.2, 0.25) is 10.0 Å². The van der Waals surface area contributed by atoms with E-state index in [-0.39, 0.29) is 0 Å². The topological polar surface area (TPSA) is 31.1 Å². The molecule has 0 saturated carbocycles. The minimum atomic E-state index is 0.772. The Kier molecular flexibility index (Phi) is 4.74. The van der Waals surface area contributed by atoms with Crippen LogP contribution in [0.1, 0.15) is 16.8 Å². The molecule has 1 aliphatic heterocycles. The van der Waals surface area contributed by atoms with Gasteiger partial charge >= 0.3 is 0 Å². The first-order valence-electron chi connectivity index (χ1n) is 7.87. The van der Waals surface area contributed by atoms with Crippen LogP contribution in [0.4, 0.5) is 0 Å². The second kappa shape index (κ2) is 6.98. The van der Waals surface area contributed by atoms with Gasteiger partial charge in [-0.15, -0.1) is 0 Å². The van der Waals surface area contributed by atoms with Crippen LogP contribution >= 0.6 is 35.3 Å². The van der Waals surface area contributed by atoms with E-state index in [4.69, 9.17) is 23.2 Å². The van der Waals surface area contributed by atoms with Crippen LogP contribution in [0.25, 0.3) is 10.9 Å². The lowest BCUT2D eigenvalue weighted by Gasteiger charge is -2.25. The summed E-state index contributed by atoms with van der Waals surface area (Å²) < 4.78 is 5.77. The van der Waals surface area contributed by atoms with Crippen molar-refractivity contribution in [1.29, 1.82) is 0 Å². The van der Waals surface area contributed by atoms with Crippen molar-refractivity contribution in [3.05, 3.63) is 69.3 Å². The number of aromatic nitrogens is 1. The van der Waals surface area contributed by atoms with Gasteiger partial charge in [0.1, 0.15) is 0 Å². The van der Waals surface area contributed by atoms with Gasteiger partial charge in [-0.3, -0.25) is 0 Å². The molecule has 1 aliphatic rings. The van der Waals surface area contributed by atoms with Crippen LogP contribution in [0, 0.1) is 0 Å². The Morgan fingerprint density at radius 2 is 1.88 bits per heavy atom. The van der Waals surface area contributed by atoms with Crippen LogP contribution in [0.3, 0.4) is 0 Å². The van der Waals surface area contributed by atoms with Crippen molar-refractivity contribution in [1.82, 2.24) is 14.0 Å². The predicted octanol–water partition coefficient (Wildman–Crippen LogP) is 5.19. The number of rotatable bonds is 4. The Balaban J connectivity index is 1.39. The molecule has 3 nitrogen and oxygen atoms in total. The highest BCUT2D eigenvalue weighted by molar-refractivity contribution is 7.95. The molecule has 24 heavy (non-hydrogen) atoms. The molecule has 0 aliphatic carbocycles. The zero-order valence-electron chi connectivity index (χ0n) is 13.0. The van der Waals surface area contributed by atoms with Crippen molar-refractivity contribution in [2.45, 2.75) is 19.5 Å². The maximum Gasteiger partial charge on any atom is 0.0507 e. The standard InChI is InChI=1S/C18H17Cl2N3S/c19-13-3-1-12(2-4-13)10-21-24-23-8-7-15-16-9-14(20)5-6-17(16)22-18(15)11-23/h1-6,9,21-22H,7-8,10-11H2. The lowest BCUT2D eigenvalue weighted by atomic mass is 10.0. The van der Waals surface area contributed by atoms with E-state index in [1.54, 1.807) is 12.1 Å². The molecule has 0 spiro atoms. The molecular weight excluding hydrogens is 361 g/mol. The third kappa shape index (κ3) is 3.44. The summed E-state index contributed by atoms with van der Waals surface area (Å²) in [5.41, 5.74) is 5.09. The molecule has 0 amide bonds. The monoisotopic (exact) mass is 377 g/mol. The molecule has 0 saturated heterocycles. The molecule has 2 aromatic carbocycles. The largest absolute Gasteiger partial charge is 0.357 e. The van der Waals surface area contributed by atoms with Crippen LogP contribution in [-0.4, -0.2) is 15.8 Å². The minimum Gasteiger partial charge on any atom is -0.357 e. The number of halogens is 2. The van der Waals surface area contributed by atoms with E-state index in [1.807, 2.05) is 30.3 Å². The van der Waals surface area contributed by atoms with E-state index >= 15 is 0 Å². The first-order chi connectivity index (χ1) is 11.7. The Hall–Kier alpha value is -1.17. The maximum atomic E-state index is 6.14. The van der Waals surface area contributed by atoms with Crippen molar-refractivity contribution in [3.8, 4) is 0 Å². The summed E-state index contributed by atoms with van der Waals surface area (Å²) in [6.07, 6.45) is 1.03. The zero-order valence-corrected chi connectivity index (χ0v) is 15.3. The van der Waals surface area contributed by atoms with E-state index in [0.717, 1.165) is 36.1 Å². The van der Waals surface area contributed by atoms with Crippen LogP contribution in [0.5, 0.6) is 0 Å². The van der Waals surface area contributed by atoms with E-state index in [2.05, 4.69) is 26.1 Å². The lowest BCUT2D eigenvalue weighted by molar-refractivity contribution is 0.437. The first-order valence-corrected chi connectivity index (χ1v) is 9.40. The van der Waals surface area contributed by atoms with Gasteiger partial charge in [0, 0.05) is 51.9 Å². The number of nitrogens with zero attached hydrogens (tertiary/aromatic N) is 1. The first kappa shape index (κ1) is 16.3. The molecule has 0 unspecified atom stereocenters. The second-order valence-corrected chi connectivity index (χ2v) is 7.78. The Labute approximate surface area is 155 Å². The van der Waals surface area contributed by atoms with E-state index in [9.17, 15) is 0 Å². The molecule has 0 atom stereocenters. The summed E-state index contributed by atoms with van der Waals surface area (Å²) >= 11 is 13.7. The number of H-pyrrole nitrogens is 1. The smallest absolute Gasteiger partial charge is 0.0507 e. The molecule has 2 heterocycles. The zero-order chi connectivity index (χ0) is 16.5. The fraction of sp³-hybridized carbons (Fsp3) is 0.222. The van der Waals surface area contributed by atoms with Gasteiger partial charge in [0.15, 0.2) is 0 Å². The Morgan fingerprint density at radius 3 is 2.71 bits per heavy atom. The number of hydrogen-bond acceptors (Lipinski definition) is 3. The Bertz CT molecular complexity index is 861. The van der Waals surface area contributed by atoms with E-state index in [0.29, 0.717) is 0 Å². The number of fused-ring (bicyclic) bond motifs is 3. The van der Waals surface area contributed by atoms with Gasteiger partial charge in [-0.05, 0) is 47.9 Å². The summed E-state index contributed by atoms with van der Waals surface area (Å²) in [7, 11) is 0. The van der Waals surface area contributed by atoms with Gasteiger partial charge in [0.2, 0.25) is 0 Å². The molecule has 0 fully saturated rings. The van der Waals surface area contributed by atoms with Crippen molar-refractivity contribution in [2.75, 3.05) is 6.54 Å². The SMILES string of the molecule is Clc1ccc(CNSN2CCc3c([nH]c4ccc(Cl)cc34)C2)cc1. The van der Waals surface area contributed by atoms with Gasteiger partial charge in [-0.1, -0.05) is 35.3 Å². The van der Waals surface area contributed by atoms with Gasteiger partial charge in [0.25, 0.3) is 0 Å². The number of aromatic amines is 1. The highest BCUT2D eigenvalue weighted by atomic mass is 35.5. The summed E-state index contributed by atoms with van der Waals surface area (Å²) in [5.74, 6) is 0. The average molecular weight is 378 g/mol. The third-order valence-corrected chi connectivity index (χ3v) is 5.62. The Morgan fingerprint density at radius 1 is 1.08 bits per heavy atom. The van der Waals surface area contributed by atoms with Crippen molar-refractivity contribution < 1.29 is 0 Å². The summed E-state index contributed by atoms with van der Waals surface area (Å²) in [4.78, 5) is 3.53. The number of nitrogens with one attached hydrogen (secondary N) is 2. The second-order valence-electron chi connectivity index (χ2n) is 5.92. The third-order valence-electron chi connectivity index (χ3n) is 4.29. The normalized spacial score (nSPS) is 14.9. The molecule has 124 valence electrons. The molecule has 1 aromatic heterocycles. The molecule has 3 aromatic rings. The average Bonchev–Trinajstić information content (AvgIpc) is 2.94. The molecule has 6 heteroatoms. The molecule has 0 bridgehead atoms. The van der Waals surface area contributed by atoms with E-state index < -0.39 is 0 Å².